The Morgan fingerprint density at radius 3 is 2.14 bits per heavy atom. The van der Waals surface area contributed by atoms with Gasteiger partial charge < -0.3 is 4.90 Å². The van der Waals surface area contributed by atoms with Crippen LogP contribution in [0.25, 0.3) is 0 Å². The second kappa shape index (κ2) is 8.57. The van der Waals surface area contributed by atoms with E-state index in [0.717, 1.165) is 5.56 Å². The van der Waals surface area contributed by atoms with E-state index in [2.05, 4.69) is 4.90 Å². The molecule has 0 radical (unpaired) electrons. The number of hydrogen-bond acceptors (Lipinski definition) is 4. The van der Waals surface area contributed by atoms with Crippen molar-refractivity contribution in [2.45, 2.75) is 18.9 Å². The molecule has 6 heteroatoms. The SMILES string of the molecule is O=C(c1ccccc1)N1CCN([C@H]2CC(=O)N(CCc3ccccc3)C2=O)CC1. The lowest BCUT2D eigenvalue weighted by Gasteiger charge is -2.37. The van der Waals surface area contributed by atoms with Crippen LogP contribution in [0.3, 0.4) is 0 Å². The molecule has 0 spiro atoms. The molecule has 0 saturated carbocycles. The Bertz CT molecular complexity index is 877. The van der Waals surface area contributed by atoms with Crippen LogP contribution in [0.1, 0.15) is 22.3 Å². The predicted octanol–water partition coefficient (Wildman–Crippen LogP) is 1.81. The Balaban J connectivity index is 1.32. The van der Waals surface area contributed by atoms with Crippen LogP contribution < -0.4 is 0 Å². The Kier molecular flexibility index (Phi) is 5.71. The monoisotopic (exact) mass is 391 g/mol. The predicted molar refractivity (Wildman–Crippen MR) is 109 cm³/mol. The minimum Gasteiger partial charge on any atom is -0.336 e. The number of hydrogen-bond donors (Lipinski definition) is 0. The standard InChI is InChI=1S/C23H25N3O3/c27-21-17-20(23(29)26(21)12-11-18-7-3-1-4-8-18)24-13-15-25(16-14-24)22(28)19-9-5-2-6-10-19/h1-10,20H,11-17H2/t20-/m0/s1. The van der Waals surface area contributed by atoms with Crippen LogP contribution >= 0.6 is 0 Å². The second-order valence-corrected chi connectivity index (χ2v) is 7.53. The summed E-state index contributed by atoms with van der Waals surface area (Å²) in [5, 5.41) is 0. The average Bonchev–Trinajstić information content (AvgIpc) is 3.06. The summed E-state index contributed by atoms with van der Waals surface area (Å²) < 4.78 is 0. The quantitative estimate of drug-likeness (QED) is 0.730. The number of amides is 3. The van der Waals surface area contributed by atoms with Gasteiger partial charge in [-0.15, -0.1) is 0 Å². The summed E-state index contributed by atoms with van der Waals surface area (Å²) in [6.07, 6.45) is 0.907. The number of carbonyl (C=O) groups is 3. The van der Waals surface area contributed by atoms with E-state index in [1.165, 1.54) is 4.90 Å². The summed E-state index contributed by atoms with van der Waals surface area (Å²) in [6, 6.07) is 18.7. The molecule has 0 unspecified atom stereocenters. The summed E-state index contributed by atoms with van der Waals surface area (Å²) >= 11 is 0. The maximum atomic E-state index is 12.9. The van der Waals surface area contributed by atoms with Crippen LogP contribution in [0.4, 0.5) is 0 Å². The zero-order valence-electron chi connectivity index (χ0n) is 16.4. The lowest BCUT2D eigenvalue weighted by atomic mass is 10.1. The maximum Gasteiger partial charge on any atom is 0.253 e. The fourth-order valence-electron chi connectivity index (χ4n) is 4.07. The molecule has 150 valence electrons. The second-order valence-electron chi connectivity index (χ2n) is 7.53. The van der Waals surface area contributed by atoms with Crippen molar-refractivity contribution >= 4 is 17.7 Å². The molecule has 2 fully saturated rings. The van der Waals surface area contributed by atoms with Crippen LogP contribution in [0.15, 0.2) is 60.7 Å². The first kappa shape index (κ1) is 19.3. The molecule has 6 nitrogen and oxygen atoms in total. The smallest absolute Gasteiger partial charge is 0.253 e. The summed E-state index contributed by atoms with van der Waals surface area (Å²) in [5.41, 5.74) is 1.80. The molecule has 0 aliphatic carbocycles. The molecule has 2 aliphatic heterocycles. The Morgan fingerprint density at radius 2 is 1.48 bits per heavy atom. The number of benzene rings is 2. The van der Waals surface area contributed by atoms with Gasteiger partial charge in [-0.2, -0.15) is 0 Å². The van der Waals surface area contributed by atoms with Crippen LogP contribution in [0.2, 0.25) is 0 Å². The molecule has 1 atom stereocenters. The highest BCUT2D eigenvalue weighted by Gasteiger charge is 2.42. The van der Waals surface area contributed by atoms with Crippen molar-refractivity contribution in [2.24, 2.45) is 0 Å². The third kappa shape index (κ3) is 4.22. The van der Waals surface area contributed by atoms with Crippen molar-refractivity contribution in [1.82, 2.24) is 14.7 Å². The first-order valence-electron chi connectivity index (χ1n) is 10.1. The largest absolute Gasteiger partial charge is 0.336 e. The molecule has 3 amide bonds. The summed E-state index contributed by atoms with van der Waals surface area (Å²) in [7, 11) is 0. The molecular formula is C23H25N3O3. The van der Waals surface area contributed by atoms with Crippen molar-refractivity contribution in [1.29, 1.82) is 0 Å². The van der Waals surface area contributed by atoms with E-state index in [9.17, 15) is 14.4 Å². The summed E-state index contributed by atoms with van der Waals surface area (Å²) in [5.74, 6) is -0.184. The normalized spacial score (nSPS) is 20.3. The van der Waals surface area contributed by atoms with Gasteiger partial charge in [0.2, 0.25) is 11.8 Å². The zero-order valence-corrected chi connectivity index (χ0v) is 16.4. The number of nitrogens with zero attached hydrogens (tertiary/aromatic N) is 3. The van der Waals surface area contributed by atoms with E-state index in [1.54, 1.807) is 0 Å². The van der Waals surface area contributed by atoms with Crippen LogP contribution in [0.5, 0.6) is 0 Å². The van der Waals surface area contributed by atoms with Crippen LogP contribution in [0, 0.1) is 0 Å². The topological polar surface area (TPSA) is 60.9 Å². The van der Waals surface area contributed by atoms with Gasteiger partial charge in [0.15, 0.2) is 0 Å². The molecule has 2 aliphatic rings. The lowest BCUT2D eigenvalue weighted by molar-refractivity contribution is -0.139. The fraction of sp³-hybridized carbons (Fsp3) is 0.348. The van der Waals surface area contributed by atoms with Gasteiger partial charge in [-0.3, -0.25) is 24.2 Å². The van der Waals surface area contributed by atoms with E-state index >= 15 is 0 Å². The Morgan fingerprint density at radius 1 is 0.862 bits per heavy atom. The molecule has 4 rings (SSSR count). The van der Waals surface area contributed by atoms with Gasteiger partial charge in [-0.25, -0.2) is 0 Å². The number of likely N-dealkylation sites (tertiary alicyclic amines) is 1. The van der Waals surface area contributed by atoms with Crippen molar-refractivity contribution < 1.29 is 14.4 Å². The van der Waals surface area contributed by atoms with E-state index in [4.69, 9.17) is 0 Å². The highest BCUT2D eigenvalue weighted by atomic mass is 16.2. The molecular weight excluding hydrogens is 366 g/mol. The van der Waals surface area contributed by atoms with E-state index in [0.29, 0.717) is 44.7 Å². The number of rotatable bonds is 5. The first-order valence-corrected chi connectivity index (χ1v) is 10.1. The van der Waals surface area contributed by atoms with Gasteiger partial charge in [-0.1, -0.05) is 48.5 Å². The molecule has 2 heterocycles. The van der Waals surface area contributed by atoms with Gasteiger partial charge in [0.25, 0.3) is 5.91 Å². The van der Waals surface area contributed by atoms with Gasteiger partial charge in [0.05, 0.1) is 12.5 Å². The minimum absolute atomic E-state index is 0.0172. The first-order chi connectivity index (χ1) is 14.1. The summed E-state index contributed by atoms with van der Waals surface area (Å²) in [6.45, 7) is 2.76. The third-order valence-corrected chi connectivity index (χ3v) is 5.75. The van der Waals surface area contributed by atoms with Gasteiger partial charge in [0, 0.05) is 38.3 Å². The van der Waals surface area contributed by atoms with Crippen molar-refractivity contribution in [3.05, 3.63) is 71.8 Å². The zero-order chi connectivity index (χ0) is 20.2. The highest BCUT2D eigenvalue weighted by Crippen LogP contribution is 2.21. The molecule has 2 saturated heterocycles. The van der Waals surface area contributed by atoms with E-state index in [-0.39, 0.29) is 24.1 Å². The number of imide groups is 1. The van der Waals surface area contributed by atoms with Crippen molar-refractivity contribution in [2.75, 3.05) is 32.7 Å². The third-order valence-electron chi connectivity index (χ3n) is 5.75. The fourth-order valence-corrected chi connectivity index (χ4v) is 4.07. The molecule has 2 aromatic rings. The molecule has 0 N–H and O–H groups in total. The lowest BCUT2D eigenvalue weighted by Crippen LogP contribution is -2.53. The molecule has 0 bridgehead atoms. The van der Waals surface area contributed by atoms with Gasteiger partial charge >= 0.3 is 0 Å². The van der Waals surface area contributed by atoms with E-state index in [1.807, 2.05) is 65.6 Å². The number of piperazine rings is 1. The summed E-state index contributed by atoms with van der Waals surface area (Å²) in [4.78, 5) is 43.2. The van der Waals surface area contributed by atoms with Gasteiger partial charge in [-0.05, 0) is 24.1 Å². The number of carbonyl (C=O) groups excluding carboxylic acids is 3. The van der Waals surface area contributed by atoms with Crippen molar-refractivity contribution in [3.8, 4) is 0 Å². The van der Waals surface area contributed by atoms with Crippen LogP contribution in [-0.2, 0) is 16.0 Å². The molecule has 2 aromatic carbocycles. The Hall–Kier alpha value is -2.99. The Labute approximate surface area is 170 Å². The van der Waals surface area contributed by atoms with E-state index < -0.39 is 6.04 Å². The molecule has 0 aromatic heterocycles. The molecule has 29 heavy (non-hydrogen) atoms. The highest BCUT2D eigenvalue weighted by molar-refractivity contribution is 6.05. The van der Waals surface area contributed by atoms with Crippen LogP contribution in [-0.4, -0.2) is 71.2 Å². The van der Waals surface area contributed by atoms with Crippen molar-refractivity contribution in [3.63, 3.8) is 0 Å². The maximum absolute atomic E-state index is 12.9. The average molecular weight is 391 g/mol. The van der Waals surface area contributed by atoms with Gasteiger partial charge in [0.1, 0.15) is 0 Å². The minimum atomic E-state index is -0.396.